The van der Waals surface area contributed by atoms with Gasteiger partial charge in [0.1, 0.15) is 5.25 Å². The fourth-order valence-corrected chi connectivity index (χ4v) is 3.55. The van der Waals surface area contributed by atoms with Gasteiger partial charge in [-0.15, -0.1) is 0 Å². The molecule has 0 aliphatic rings. The molecule has 0 N–H and O–H groups in total. The van der Waals surface area contributed by atoms with Crippen LogP contribution in [0, 0.1) is 6.92 Å². The van der Waals surface area contributed by atoms with Crippen molar-refractivity contribution in [1.29, 1.82) is 0 Å². The molecule has 3 rings (SSSR count). The average Bonchev–Trinajstić information content (AvgIpc) is 2.63. The topological polar surface area (TPSA) is 61.2 Å². The van der Waals surface area contributed by atoms with E-state index in [1.807, 2.05) is 55.5 Å². The molecule has 1 atom stereocenters. The molecule has 0 bridgehead atoms. The van der Waals surface area contributed by atoms with Gasteiger partial charge in [-0.2, -0.15) is 0 Å². The molecule has 0 aliphatic carbocycles. The number of hydrogen-bond acceptors (Lipinski definition) is 5. The third-order valence-corrected chi connectivity index (χ3v) is 4.94. The normalized spacial score (nSPS) is 12.1. The van der Waals surface area contributed by atoms with Crippen LogP contribution in [0.15, 0.2) is 58.5 Å². The highest BCUT2D eigenvalue weighted by atomic mass is 32.2. The molecule has 0 aliphatic heterocycles. The summed E-state index contributed by atoms with van der Waals surface area (Å²) < 4.78 is 6.64. The summed E-state index contributed by atoms with van der Waals surface area (Å²) in [7, 11) is 0. The standard InChI is InChI=1S/C20H20N2O3S/c1-4-25-19(24)14(3)26-20-21-17-11-10-13(2)12-16(17)18(23)22(20)15-8-6-5-7-9-15/h5-12,14H,4H2,1-3H3. The highest BCUT2D eigenvalue weighted by Gasteiger charge is 2.21. The van der Waals surface area contributed by atoms with E-state index < -0.39 is 5.25 Å². The van der Waals surface area contributed by atoms with Gasteiger partial charge in [0.05, 0.1) is 23.2 Å². The van der Waals surface area contributed by atoms with Crippen molar-refractivity contribution in [3.63, 3.8) is 0 Å². The maximum absolute atomic E-state index is 13.2. The van der Waals surface area contributed by atoms with Crippen molar-refractivity contribution in [2.45, 2.75) is 31.2 Å². The number of hydrogen-bond donors (Lipinski definition) is 0. The number of para-hydroxylation sites is 1. The summed E-state index contributed by atoms with van der Waals surface area (Å²) in [5, 5.41) is 0.555. The van der Waals surface area contributed by atoms with Crippen molar-refractivity contribution < 1.29 is 9.53 Å². The summed E-state index contributed by atoms with van der Waals surface area (Å²) in [4.78, 5) is 29.9. The highest BCUT2D eigenvalue weighted by molar-refractivity contribution is 8.00. The fraction of sp³-hybridized carbons (Fsp3) is 0.250. The summed E-state index contributed by atoms with van der Waals surface area (Å²) in [6.07, 6.45) is 0. The Morgan fingerprint density at radius 1 is 1.23 bits per heavy atom. The molecule has 5 nitrogen and oxygen atoms in total. The number of nitrogens with zero attached hydrogens (tertiary/aromatic N) is 2. The first-order chi connectivity index (χ1) is 12.5. The Kier molecular flexibility index (Phi) is 5.42. The van der Waals surface area contributed by atoms with E-state index >= 15 is 0 Å². The van der Waals surface area contributed by atoms with Crippen LogP contribution in [0.25, 0.3) is 16.6 Å². The van der Waals surface area contributed by atoms with Crippen molar-refractivity contribution >= 4 is 28.6 Å². The molecule has 134 valence electrons. The van der Waals surface area contributed by atoms with Crippen LogP contribution in [-0.2, 0) is 9.53 Å². The van der Waals surface area contributed by atoms with E-state index in [1.54, 1.807) is 18.4 Å². The predicted molar refractivity (Wildman–Crippen MR) is 104 cm³/mol. The summed E-state index contributed by atoms with van der Waals surface area (Å²) >= 11 is 1.22. The monoisotopic (exact) mass is 368 g/mol. The van der Waals surface area contributed by atoms with E-state index in [1.165, 1.54) is 11.8 Å². The minimum absolute atomic E-state index is 0.150. The molecule has 0 saturated carbocycles. The number of ether oxygens (including phenoxy) is 1. The van der Waals surface area contributed by atoms with Crippen molar-refractivity contribution in [2.75, 3.05) is 6.61 Å². The maximum atomic E-state index is 13.2. The first-order valence-electron chi connectivity index (χ1n) is 8.43. The van der Waals surface area contributed by atoms with Crippen LogP contribution in [0.2, 0.25) is 0 Å². The van der Waals surface area contributed by atoms with Crippen molar-refractivity contribution in [3.8, 4) is 5.69 Å². The van der Waals surface area contributed by atoms with Crippen LogP contribution in [-0.4, -0.2) is 27.4 Å². The number of carbonyl (C=O) groups excluding carboxylic acids is 1. The molecule has 1 unspecified atom stereocenters. The SMILES string of the molecule is CCOC(=O)C(C)Sc1nc2ccc(C)cc2c(=O)n1-c1ccccc1. The van der Waals surface area contributed by atoms with E-state index in [-0.39, 0.29) is 11.5 Å². The van der Waals surface area contributed by atoms with E-state index in [0.29, 0.717) is 28.4 Å². The Morgan fingerprint density at radius 2 is 1.96 bits per heavy atom. The van der Waals surface area contributed by atoms with Gasteiger partial charge in [-0.25, -0.2) is 4.98 Å². The van der Waals surface area contributed by atoms with Gasteiger partial charge in [0.2, 0.25) is 0 Å². The molecule has 0 amide bonds. The molecule has 0 radical (unpaired) electrons. The Morgan fingerprint density at radius 3 is 2.65 bits per heavy atom. The maximum Gasteiger partial charge on any atom is 0.319 e. The average molecular weight is 368 g/mol. The van der Waals surface area contributed by atoms with Gasteiger partial charge in [-0.05, 0) is 45.0 Å². The number of esters is 1. The van der Waals surface area contributed by atoms with E-state index in [9.17, 15) is 9.59 Å². The van der Waals surface area contributed by atoms with Crippen LogP contribution in [0.3, 0.4) is 0 Å². The van der Waals surface area contributed by atoms with Crippen molar-refractivity contribution in [2.24, 2.45) is 0 Å². The van der Waals surface area contributed by atoms with Gasteiger partial charge in [-0.3, -0.25) is 14.2 Å². The van der Waals surface area contributed by atoms with Crippen LogP contribution >= 0.6 is 11.8 Å². The summed E-state index contributed by atoms with van der Waals surface area (Å²) in [6.45, 7) is 5.78. The Hall–Kier alpha value is -2.60. The zero-order chi connectivity index (χ0) is 18.7. The van der Waals surface area contributed by atoms with E-state index in [0.717, 1.165) is 5.56 Å². The molecule has 3 aromatic rings. The third kappa shape index (κ3) is 3.65. The van der Waals surface area contributed by atoms with E-state index in [2.05, 4.69) is 4.98 Å². The summed E-state index contributed by atoms with van der Waals surface area (Å²) in [6, 6.07) is 14.9. The Bertz CT molecular complexity index is 999. The zero-order valence-electron chi connectivity index (χ0n) is 14.9. The Balaban J connectivity index is 2.18. The Labute approximate surface area is 156 Å². The lowest BCUT2D eigenvalue weighted by atomic mass is 10.1. The molecule has 0 saturated heterocycles. The van der Waals surface area contributed by atoms with Crippen molar-refractivity contribution in [3.05, 3.63) is 64.4 Å². The lowest BCUT2D eigenvalue weighted by Gasteiger charge is -2.16. The second-order valence-corrected chi connectivity index (χ2v) is 7.21. The van der Waals surface area contributed by atoms with Gasteiger partial charge in [0.15, 0.2) is 5.16 Å². The fourth-order valence-electron chi connectivity index (χ4n) is 2.63. The smallest absolute Gasteiger partial charge is 0.319 e. The second kappa shape index (κ2) is 7.74. The molecular formula is C20H20N2O3S. The van der Waals surface area contributed by atoms with Gasteiger partial charge in [0, 0.05) is 0 Å². The van der Waals surface area contributed by atoms with Crippen LogP contribution < -0.4 is 5.56 Å². The van der Waals surface area contributed by atoms with Gasteiger partial charge >= 0.3 is 5.97 Å². The lowest BCUT2D eigenvalue weighted by Crippen LogP contribution is -2.24. The number of thioether (sulfide) groups is 1. The summed E-state index contributed by atoms with van der Waals surface area (Å²) in [5.41, 5.74) is 2.18. The molecule has 6 heteroatoms. The molecule has 0 fully saturated rings. The second-order valence-electron chi connectivity index (χ2n) is 5.90. The van der Waals surface area contributed by atoms with E-state index in [4.69, 9.17) is 4.74 Å². The first-order valence-corrected chi connectivity index (χ1v) is 9.31. The minimum atomic E-state index is -0.472. The quantitative estimate of drug-likeness (QED) is 0.390. The number of aryl methyl sites for hydroxylation is 1. The highest BCUT2D eigenvalue weighted by Crippen LogP contribution is 2.26. The predicted octanol–water partition coefficient (Wildman–Crippen LogP) is 3.74. The molecule has 26 heavy (non-hydrogen) atoms. The third-order valence-electron chi connectivity index (χ3n) is 3.91. The molecule has 1 aromatic heterocycles. The van der Waals surface area contributed by atoms with Crippen LogP contribution in [0.1, 0.15) is 19.4 Å². The molecular weight excluding hydrogens is 348 g/mol. The molecule has 2 aromatic carbocycles. The van der Waals surface area contributed by atoms with Crippen LogP contribution in [0.4, 0.5) is 0 Å². The number of rotatable bonds is 5. The number of carbonyl (C=O) groups is 1. The zero-order valence-corrected chi connectivity index (χ0v) is 15.7. The number of benzene rings is 2. The van der Waals surface area contributed by atoms with Crippen LogP contribution in [0.5, 0.6) is 0 Å². The molecule has 1 heterocycles. The molecule has 0 spiro atoms. The van der Waals surface area contributed by atoms with Crippen molar-refractivity contribution in [1.82, 2.24) is 9.55 Å². The largest absolute Gasteiger partial charge is 0.465 e. The van der Waals surface area contributed by atoms with Gasteiger partial charge in [0.25, 0.3) is 5.56 Å². The number of aromatic nitrogens is 2. The summed E-state index contributed by atoms with van der Waals surface area (Å²) in [5.74, 6) is -0.324. The lowest BCUT2D eigenvalue weighted by molar-refractivity contribution is -0.142. The van der Waals surface area contributed by atoms with Gasteiger partial charge in [-0.1, -0.05) is 41.6 Å². The number of fused-ring (bicyclic) bond motifs is 1. The first kappa shape index (κ1) is 18.2. The minimum Gasteiger partial charge on any atom is -0.465 e. The van der Waals surface area contributed by atoms with Gasteiger partial charge < -0.3 is 4.74 Å².